The highest BCUT2D eigenvalue weighted by molar-refractivity contribution is 6.30. The van der Waals surface area contributed by atoms with E-state index >= 15 is 0 Å². The van der Waals surface area contributed by atoms with Crippen molar-refractivity contribution in [3.63, 3.8) is 0 Å². The number of benzene rings is 1. The van der Waals surface area contributed by atoms with E-state index in [-0.39, 0.29) is 29.8 Å². The van der Waals surface area contributed by atoms with E-state index in [4.69, 9.17) is 11.6 Å². The van der Waals surface area contributed by atoms with Crippen LogP contribution < -0.4 is 10.2 Å². The topological polar surface area (TPSA) is 49.4 Å². The molecule has 1 fully saturated rings. The Hall–Kier alpha value is -1.62. The van der Waals surface area contributed by atoms with E-state index in [0.717, 1.165) is 0 Å². The van der Waals surface area contributed by atoms with Crippen molar-refractivity contribution in [2.75, 3.05) is 11.4 Å². The molecule has 2 amide bonds. The third-order valence-electron chi connectivity index (χ3n) is 4.02. The number of halogens is 2. The van der Waals surface area contributed by atoms with Crippen LogP contribution in [0, 0.1) is 5.82 Å². The Morgan fingerprint density at radius 2 is 2.00 bits per heavy atom. The number of carbonyl (C=O) groups is 2. The Balaban J connectivity index is 2.44. The maximum atomic E-state index is 13.6. The number of hydrogen-bond acceptors (Lipinski definition) is 2. The smallest absolute Gasteiger partial charge is 0.252 e. The Morgan fingerprint density at radius 3 is 2.57 bits per heavy atom. The highest BCUT2D eigenvalue weighted by atomic mass is 35.5. The van der Waals surface area contributed by atoms with Gasteiger partial charge in [-0.15, -0.1) is 0 Å². The van der Waals surface area contributed by atoms with Crippen LogP contribution in [0.4, 0.5) is 10.1 Å². The zero-order valence-corrected chi connectivity index (χ0v) is 12.8. The van der Waals surface area contributed by atoms with E-state index in [1.54, 1.807) is 6.07 Å². The summed E-state index contributed by atoms with van der Waals surface area (Å²) in [4.78, 5) is 26.2. The summed E-state index contributed by atoms with van der Waals surface area (Å²) in [7, 11) is 0. The molecule has 1 aliphatic heterocycles. The fraction of sp³-hybridized carbons (Fsp3) is 0.467. The minimum Gasteiger partial charge on any atom is -0.342 e. The van der Waals surface area contributed by atoms with Crippen LogP contribution in [0.15, 0.2) is 18.2 Å². The number of anilines is 1. The predicted molar refractivity (Wildman–Crippen MR) is 79.8 cm³/mol. The molecule has 0 bridgehead atoms. The first-order valence-electron chi connectivity index (χ1n) is 7.01. The van der Waals surface area contributed by atoms with Gasteiger partial charge >= 0.3 is 0 Å². The van der Waals surface area contributed by atoms with Gasteiger partial charge in [0.1, 0.15) is 11.4 Å². The van der Waals surface area contributed by atoms with Crippen molar-refractivity contribution < 1.29 is 14.0 Å². The SMILES string of the molecule is CCC1(CC)NC(=O)CCN(c2ccc(Cl)c(F)c2)C1=O. The molecular weight excluding hydrogens is 295 g/mol. The van der Waals surface area contributed by atoms with Crippen molar-refractivity contribution in [2.45, 2.75) is 38.6 Å². The second-order valence-corrected chi connectivity index (χ2v) is 5.55. The first-order chi connectivity index (χ1) is 9.93. The summed E-state index contributed by atoms with van der Waals surface area (Å²) < 4.78 is 13.6. The second-order valence-electron chi connectivity index (χ2n) is 5.14. The minimum atomic E-state index is -0.927. The summed E-state index contributed by atoms with van der Waals surface area (Å²) in [6.07, 6.45) is 1.17. The third kappa shape index (κ3) is 2.88. The number of nitrogens with one attached hydrogen (secondary N) is 1. The molecule has 21 heavy (non-hydrogen) atoms. The lowest BCUT2D eigenvalue weighted by Crippen LogP contribution is -2.56. The standard InChI is InChI=1S/C15H18ClFN2O2/c1-3-15(4-2)14(21)19(8-7-13(20)18-15)10-5-6-11(16)12(17)9-10/h5-6,9H,3-4,7-8H2,1-2H3,(H,18,20). The van der Waals surface area contributed by atoms with Crippen molar-refractivity contribution in [1.82, 2.24) is 5.32 Å². The molecule has 1 N–H and O–H groups in total. The molecule has 114 valence electrons. The molecule has 6 heteroatoms. The van der Waals surface area contributed by atoms with Gasteiger partial charge in [-0.05, 0) is 31.0 Å². The molecule has 2 rings (SSSR count). The number of amides is 2. The monoisotopic (exact) mass is 312 g/mol. The van der Waals surface area contributed by atoms with E-state index in [9.17, 15) is 14.0 Å². The van der Waals surface area contributed by atoms with Crippen molar-refractivity contribution in [1.29, 1.82) is 0 Å². The van der Waals surface area contributed by atoms with Crippen LogP contribution in [0.5, 0.6) is 0 Å². The maximum Gasteiger partial charge on any atom is 0.252 e. The lowest BCUT2D eigenvalue weighted by Gasteiger charge is -2.33. The molecule has 1 aliphatic rings. The molecule has 0 aromatic heterocycles. The molecular formula is C15H18ClFN2O2. The Labute approximate surface area is 128 Å². The molecule has 0 saturated carbocycles. The second kappa shape index (κ2) is 6.02. The predicted octanol–water partition coefficient (Wildman–Crippen LogP) is 2.89. The van der Waals surface area contributed by atoms with E-state index < -0.39 is 11.4 Å². The van der Waals surface area contributed by atoms with Crippen molar-refractivity contribution in [3.05, 3.63) is 29.0 Å². The van der Waals surface area contributed by atoms with Gasteiger partial charge < -0.3 is 10.2 Å². The van der Waals surface area contributed by atoms with Gasteiger partial charge in [0.05, 0.1) is 5.02 Å². The van der Waals surface area contributed by atoms with Gasteiger partial charge in [-0.1, -0.05) is 25.4 Å². The van der Waals surface area contributed by atoms with Gasteiger partial charge in [-0.2, -0.15) is 0 Å². The lowest BCUT2D eigenvalue weighted by molar-refractivity contribution is -0.130. The van der Waals surface area contributed by atoms with Gasteiger partial charge in [0.2, 0.25) is 5.91 Å². The summed E-state index contributed by atoms with van der Waals surface area (Å²) in [5.74, 6) is -0.951. The van der Waals surface area contributed by atoms with Crippen molar-refractivity contribution in [2.24, 2.45) is 0 Å². The molecule has 1 heterocycles. The van der Waals surface area contributed by atoms with Crippen LogP contribution in [0.1, 0.15) is 33.1 Å². The van der Waals surface area contributed by atoms with Crippen LogP contribution in [0.2, 0.25) is 5.02 Å². The number of rotatable bonds is 3. The van der Waals surface area contributed by atoms with E-state index in [2.05, 4.69) is 5.32 Å². The van der Waals surface area contributed by atoms with Gasteiger partial charge in [0.25, 0.3) is 5.91 Å². The largest absolute Gasteiger partial charge is 0.342 e. The van der Waals surface area contributed by atoms with E-state index in [0.29, 0.717) is 18.5 Å². The normalized spacial score (nSPS) is 18.4. The highest BCUT2D eigenvalue weighted by Gasteiger charge is 2.42. The van der Waals surface area contributed by atoms with Crippen LogP contribution in [-0.4, -0.2) is 23.9 Å². The molecule has 0 radical (unpaired) electrons. The van der Waals surface area contributed by atoms with Crippen molar-refractivity contribution in [3.8, 4) is 0 Å². The van der Waals surface area contributed by atoms with Gasteiger partial charge in [-0.25, -0.2) is 4.39 Å². The number of carbonyl (C=O) groups excluding carboxylic acids is 2. The van der Waals surface area contributed by atoms with Crippen molar-refractivity contribution >= 4 is 29.1 Å². The lowest BCUT2D eigenvalue weighted by atomic mass is 9.91. The van der Waals surface area contributed by atoms with Crippen LogP contribution in [-0.2, 0) is 9.59 Å². The quantitative estimate of drug-likeness (QED) is 0.933. The molecule has 1 aromatic rings. The molecule has 0 unspecified atom stereocenters. The molecule has 4 nitrogen and oxygen atoms in total. The molecule has 0 aliphatic carbocycles. The molecule has 1 aromatic carbocycles. The van der Waals surface area contributed by atoms with Crippen LogP contribution >= 0.6 is 11.6 Å². The average molecular weight is 313 g/mol. The fourth-order valence-corrected chi connectivity index (χ4v) is 2.70. The molecule has 1 saturated heterocycles. The first-order valence-corrected chi connectivity index (χ1v) is 7.39. The highest BCUT2D eigenvalue weighted by Crippen LogP contribution is 2.28. The Bertz CT molecular complexity index is 573. The zero-order valence-electron chi connectivity index (χ0n) is 12.1. The van der Waals surface area contributed by atoms with Gasteiger partial charge in [-0.3, -0.25) is 9.59 Å². The molecule has 0 atom stereocenters. The summed E-state index contributed by atoms with van der Waals surface area (Å²) in [5, 5.41) is 2.82. The Kier molecular flexibility index (Phi) is 4.52. The zero-order chi connectivity index (χ0) is 15.6. The van der Waals surface area contributed by atoms with Gasteiger partial charge in [0, 0.05) is 18.7 Å². The van der Waals surface area contributed by atoms with Crippen LogP contribution in [0.25, 0.3) is 0 Å². The fourth-order valence-electron chi connectivity index (χ4n) is 2.58. The number of hydrogen-bond donors (Lipinski definition) is 1. The third-order valence-corrected chi connectivity index (χ3v) is 4.32. The van der Waals surface area contributed by atoms with Gasteiger partial charge in [0.15, 0.2) is 0 Å². The summed E-state index contributed by atoms with van der Waals surface area (Å²) in [5.41, 5.74) is -0.506. The average Bonchev–Trinajstić information content (AvgIpc) is 2.60. The molecule has 0 spiro atoms. The number of nitrogens with zero attached hydrogens (tertiary/aromatic N) is 1. The summed E-state index contributed by atoms with van der Waals surface area (Å²) >= 11 is 5.68. The Morgan fingerprint density at radius 1 is 1.33 bits per heavy atom. The van der Waals surface area contributed by atoms with Crippen LogP contribution in [0.3, 0.4) is 0 Å². The summed E-state index contributed by atoms with van der Waals surface area (Å²) in [6.45, 7) is 3.94. The summed E-state index contributed by atoms with van der Waals surface area (Å²) in [6, 6.07) is 4.24. The van der Waals surface area contributed by atoms with E-state index in [1.165, 1.54) is 17.0 Å². The van der Waals surface area contributed by atoms with E-state index in [1.807, 2.05) is 13.8 Å². The maximum absolute atomic E-state index is 13.6. The first kappa shape index (κ1) is 15.8. The minimum absolute atomic E-state index is 0.00692.